The maximum absolute atomic E-state index is 9.42. The van der Waals surface area contributed by atoms with Crippen LogP contribution in [0.25, 0.3) is 0 Å². The molecule has 23 heavy (non-hydrogen) atoms. The topological polar surface area (TPSA) is 40.5 Å². The Morgan fingerprint density at radius 3 is 1.83 bits per heavy atom. The molecule has 0 aliphatic heterocycles. The number of aryl methyl sites for hydroxylation is 1. The minimum atomic E-state index is 0.144. The number of unbranched alkanes of at least 4 members (excludes halogenated alkanes) is 9. The lowest BCUT2D eigenvalue weighted by atomic mass is 10.1. The minimum absolute atomic E-state index is 0.144. The van der Waals surface area contributed by atoms with E-state index in [0.29, 0.717) is 0 Å². The lowest BCUT2D eigenvalue weighted by Crippen LogP contribution is -1.84. The summed E-state index contributed by atoms with van der Waals surface area (Å²) in [5.41, 5.74) is 0.999. The molecule has 130 valence electrons. The number of hydrogen-bond donors (Lipinski definition) is 2. The lowest BCUT2D eigenvalue weighted by Gasteiger charge is -2.02. The number of phenols is 2. The molecule has 0 atom stereocenters. The maximum Gasteiger partial charge on any atom is 0.119 e. The highest BCUT2D eigenvalue weighted by atomic mass is 16.3. The Hall–Kier alpha value is -1.44. The largest absolute Gasteiger partial charge is 0.508 e. The molecule has 2 nitrogen and oxygen atoms in total. The van der Waals surface area contributed by atoms with E-state index in [1.54, 1.807) is 12.1 Å². The van der Waals surface area contributed by atoms with E-state index in [2.05, 4.69) is 19.1 Å². The fourth-order valence-corrected chi connectivity index (χ4v) is 2.86. The number of rotatable bonds is 13. The first-order chi connectivity index (χ1) is 11.2. The highest BCUT2D eigenvalue weighted by Crippen LogP contribution is 2.21. The molecule has 1 aromatic carbocycles. The van der Waals surface area contributed by atoms with E-state index < -0.39 is 0 Å². The van der Waals surface area contributed by atoms with E-state index >= 15 is 0 Å². The zero-order valence-corrected chi connectivity index (χ0v) is 14.8. The molecular weight excluding hydrogens is 284 g/mol. The Kier molecular flexibility index (Phi) is 11.1. The van der Waals surface area contributed by atoms with Gasteiger partial charge in [0.1, 0.15) is 11.5 Å². The Morgan fingerprint density at radius 1 is 0.696 bits per heavy atom. The highest BCUT2D eigenvalue weighted by Gasteiger charge is 1.98. The van der Waals surface area contributed by atoms with E-state index in [-0.39, 0.29) is 11.5 Å². The van der Waals surface area contributed by atoms with Crippen molar-refractivity contribution in [3.63, 3.8) is 0 Å². The fraction of sp³-hybridized carbons (Fsp3) is 0.619. The summed E-state index contributed by atoms with van der Waals surface area (Å²) in [6.07, 6.45) is 19.8. The molecule has 1 rings (SSSR count). The van der Waals surface area contributed by atoms with E-state index in [1.807, 2.05) is 0 Å². The van der Waals surface area contributed by atoms with Crippen LogP contribution in [0.1, 0.15) is 83.1 Å². The second-order valence-electron chi connectivity index (χ2n) is 6.48. The van der Waals surface area contributed by atoms with Crippen LogP contribution in [-0.2, 0) is 6.42 Å². The number of phenolic OH excluding ortho intramolecular Hbond substituents is 2. The van der Waals surface area contributed by atoms with Gasteiger partial charge in [0.15, 0.2) is 0 Å². The third-order valence-electron chi connectivity index (χ3n) is 4.19. The van der Waals surface area contributed by atoms with Crippen LogP contribution in [-0.4, -0.2) is 10.2 Å². The van der Waals surface area contributed by atoms with E-state index in [4.69, 9.17) is 0 Å². The smallest absolute Gasteiger partial charge is 0.119 e. The first kappa shape index (κ1) is 19.6. The third kappa shape index (κ3) is 10.8. The standard InChI is InChI=1S/C21H34O2/c1-2-3-4-5-6-7-8-9-10-11-12-13-14-15-19-16-20(22)18-21(23)17-19/h11-12,16-18,22-23H,2-10,13-15H2,1H3/b12-11-. The number of hydrogen-bond acceptors (Lipinski definition) is 2. The molecule has 0 radical (unpaired) electrons. The molecule has 0 bridgehead atoms. The quantitative estimate of drug-likeness (QED) is 0.321. The fourth-order valence-electron chi connectivity index (χ4n) is 2.86. The summed E-state index contributed by atoms with van der Waals surface area (Å²) in [6, 6.07) is 4.82. The van der Waals surface area contributed by atoms with Gasteiger partial charge in [-0.1, -0.05) is 64.0 Å². The first-order valence-electron chi connectivity index (χ1n) is 9.39. The second kappa shape index (κ2) is 13.0. The molecule has 0 unspecified atom stereocenters. The van der Waals surface area contributed by atoms with Crippen molar-refractivity contribution in [2.75, 3.05) is 0 Å². The van der Waals surface area contributed by atoms with Crippen LogP contribution in [0.3, 0.4) is 0 Å². The predicted octanol–water partition coefficient (Wildman–Crippen LogP) is 6.51. The molecular formula is C21H34O2. The van der Waals surface area contributed by atoms with Crippen LogP contribution in [0.15, 0.2) is 30.4 Å². The van der Waals surface area contributed by atoms with Gasteiger partial charge in [0, 0.05) is 6.07 Å². The van der Waals surface area contributed by atoms with Gasteiger partial charge in [-0.3, -0.25) is 0 Å². The molecule has 0 aliphatic rings. The summed E-state index contributed by atoms with van der Waals surface area (Å²) in [6.45, 7) is 2.26. The molecule has 0 saturated carbocycles. The molecule has 0 amide bonds. The van der Waals surface area contributed by atoms with E-state index in [1.165, 1.54) is 63.9 Å². The van der Waals surface area contributed by atoms with Gasteiger partial charge in [-0.25, -0.2) is 0 Å². The van der Waals surface area contributed by atoms with Gasteiger partial charge in [0.25, 0.3) is 0 Å². The molecule has 1 aromatic rings. The summed E-state index contributed by atoms with van der Waals surface area (Å²) in [5, 5.41) is 18.8. The average Bonchev–Trinajstić information content (AvgIpc) is 2.51. The Labute approximate surface area is 142 Å². The molecule has 0 spiro atoms. The van der Waals surface area contributed by atoms with Gasteiger partial charge in [-0.05, 0) is 49.8 Å². The van der Waals surface area contributed by atoms with Gasteiger partial charge in [-0.2, -0.15) is 0 Å². The zero-order valence-electron chi connectivity index (χ0n) is 14.8. The van der Waals surface area contributed by atoms with Crippen molar-refractivity contribution in [1.82, 2.24) is 0 Å². The Morgan fingerprint density at radius 2 is 1.22 bits per heavy atom. The number of allylic oxidation sites excluding steroid dienone is 2. The summed E-state index contributed by atoms with van der Waals surface area (Å²) in [4.78, 5) is 0. The summed E-state index contributed by atoms with van der Waals surface area (Å²) < 4.78 is 0. The van der Waals surface area contributed by atoms with Crippen LogP contribution in [0.5, 0.6) is 11.5 Å². The minimum Gasteiger partial charge on any atom is -0.508 e. The summed E-state index contributed by atoms with van der Waals surface area (Å²) in [5.74, 6) is 0.287. The van der Waals surface area contributed by atoms with Crippen molar-refractivity contribution >= 4 is 0 Å². The lowest BCUT2D eigenvalue weighted by molar-refractivity contribution is 0.449. The molecule has 0 aromatic heterocycles. The van der Waals surface area contributed by atoms with Gasteiger partial charge >= 0.3 is 0 Å². The van der Waals surface area contributed by atoms with E-state index in [0.717, 1.165) is 24.8 Å². The Balaban J connectivity index is 1.94. The van der Waals surface area contributed by atoms with Crippen LogP contribution in [0.2, 0.25) is 0 Å². The monoisotopic (exact) mass is 318 g/mol. The van der Waals surface area contributed by atoms with Crippen LogP contribution in [0.4, 0.5) is 0 Å². The normalized spacial score (nSPS) is 11.3. The molecule has 0 saturated heterocycles. The second-order valence-corrected chi connectivity index (χ2v) is 6.48. The number of aromatic hydroxyl groups is 2. The molecule has 0 fully saturated rings. The molecule has 0 aliphatic carbocycles. The van der Waals surface area contributed by atoms with Crippen molar-refractivity contribution in [3.05, 3.63) is 35.9 Å². The van der Waals surface area contributed by atoms with Crippen molar-refractivity contribution in [2.45, 2.75) is 84.0 Å². The summed E-state index contributed by atoms with van der Waals surface area (Å²) >= 11 is 0. The van der Waals surface area contributed by atoms with Crippen molar-refractivity contribution in [2.24, 2.45) is 0 Å². The number of benzene rings is 1. The van der Waals surface area contributed by atoms with Gasteiger partial charge in [0.2, 0.25) is 0 Å². The summed E-state index contributed by atoms with van der Waals surface area (Å²) in [7, 11) is 0. The van der Waals surface area contributed by atoms with Gasteiger partial charge in [-0.15, -0.1) is 0 Å². The first-order valence-corrected chi connectivity index (χ1v) is 9.39. The van der Waals surface area contributed by atoms with Gasteiger partial charge < -0.3 is 10.2 Å². The predicted molar refractivity (Wildman–Crippen MR) is 99.1 cm³/mol. The highest BCUT2D eigenvalue weighted by molar-refractivity contribution is 5.36. The molecule has 0 heterocycles. The average molecular weight is 319 g/mol. The van der Waals surface area contributed by atoms with Crippen molar-refractivity contribution < 1.29 is 10.2 Å². The van der Waals surface area contributed by atoms with Crippen LogP contribution < -0.4 is 0 Å². The zero-order chi connectivity index (χ0) is 16.8. The third-order valence-corrected chi connectivity index (χ3v) is 4.19. The van der Waals surface area contributed by atoms with Crippen LogP contribution in [0, 0.1) is 0 Å². The van der Waals surface area contributed by atoms with Crippen molar-refractivity contribution in [1.29, 1.82) is 0 Å². The maximum atomic E-state index is 9.42. The van der Waals surface area contributed by atoms with Crippen LogP contribution >= 0.6 is 0 Å². The van der Waals surface area contributed by atoms with E-state index in [9.17, 15) is 10.2 Å². The molecule has 2 N–H and O–H groups in total. The van der Waals surface area contributed by atoms with Crippen molar-refractivity contribution in [3.8, 4) is 11.5 Å². The SMILES string of the molecule is CCCCCCCCCC/C=C\CCCc1cc(O)cc(O)c1. The molecule has 2 heteroatoms. The Bertz CT molecular complexity index is 417. The van der Waals surface area contributed by atoms with Gasteiger partial charge in [0.05, 0.1) is 0 Å².